The van der Waals surface area contributed by atoms with E-state index in [0.717, 1.165) is 4.47 Å². The molecule has 1 amide bonds. The summed E-state index contributed by atoms with van der Waals surface area (Å²) in [7, 11) is 4.80. The summed E-state index contributed by atoms with van der Waals surface area (Å²) in [5.41, 5.74) is 1.00. The van der Waals surface area contributed by atoms with E-state index in [1.807, 2.05) is 0 Å². The number of ether oxygens (including phenoxy) is 2. The molecule has 6 nitrogen and oxygen atoms in total. The van der Waals surface area contributed by atoms with Gasteiger partial charge in [0.25, 0.3) is 5.91 Å². The summed E-state index contributed by atoms with van der Waals surface area (Å²) in [6.07, 6.45) is 1.57. The first-order chi connectivity index (χ1) is 9.56. The SMILES string of the molecule is COc1cc(OC)c(NC(=O)c2ccnn2C)cc1Br. The van der Waals surface area contributed by atoms with Crippen LogP contribution >= 0.6 is 15.9 Å². The summed E-state index contributed by atoms with van der Waals surface area (Å²) < 4.78 is 12.7. The third-order valence-corrected chi connectivity index (χ3v) is 3.40. The number of nitrogens with one attached hydrogen (secondary N) is 1. The highest BCUT2D eigenvalue weighted by molar-refractivity contribution is 9.10. The maximum atomic E-state index is 12.2. The number of aromatic nitrogens is 2. The molecule has 7 heteroatoms. The van der Waals surface area contributed by atoms with Gasteiger partial charge in [-0.25, -0.2) is 0 Å². The fourth-order valence-corrected chi connectivity index (χ4v) is 2.25. The average molecular weight is 340 g/mol. The van der Waals surface area contributed by atoms with Crippen molar-refractivity contribution in [1.82, 2.24) is 9.78 Å². The molecule has 0 unspecified atom stereocenters. The molecule has 0 aliphatic carbocycles. The Balaban J connectivity index is 2.31. The molecule has 0 bridgehead atoms. The zero-order chi connectivity index (χ0) is 14.7. The van der Waals surface area contributed by atoms with Gasteiger partial charge < -0.3 is 14.8 Å². The summed E-state index contributed by atoms with van der Waals surface area (Å²) in [6, 6.07) is 5.06. The van der Waals surface area contributed by atoms with Gasteiger partial charge in [0.2, 0.25) is 0 Å². The zero-order valence-electron chi connectivity index (χ0n) is 11.3. The molecule has 2 rings (SSSR count). The molecule has 20 heavy (non-hydrogen) atoms. The normalized spacial score (nSPS) is 10.2. The van der Waals surface area contributed by atoms with E-state index in [9.17, 15) is 4.79 Å². The summed E-state index contributed by atoms with van der Waals surface area (Å²) in [4.78, 5) is 12.2. The Morgan fingerprint density at radius 1 is 1.30 bits per heavy atom. The largest absolute Gasteiger partial charge is 0.495 e. The molecule has 106 valence electrons. The molecule has 0 saturated carbocycles. The number of nitrogens with zero attached hydrogens (tertiary/aromatic N) is 2. The maximum Gasteiger partial charge on any atom is 0.274 e. The lowest BCUT2D eigenvalue weighted by molar-refractivity contribution is 0.101. The minimum atomic E-state index is -0.264. The second kappa shape index (κ2) is 5.96. The number of halogens is 1. The lowest BCUT2D eigenvalue weighted by Gasteiger charge is -2.13. The third-order valence-electron chi connectivity index (χ3n) is 2.78. The van der Waals surface area contributed by atoms with E-state index in [2.05, 4.69) is 26.3 Å². The van der Waals surface area contributed by atoms with Crippen LogP contribution in [0.4, 0.5) is 5.69 Å². The molecule has 0 saturated heterocycles. The number of anilines is 1. The summed E-state index contributed by atoms with van der Waals surface area (Å²) in [5.74, 6) is 0.876. The predicted octanol–water partition coefficient (Wildman–Crippen LogP) is 2.45. The van der Waals surface area contributed by atoms with Crippen LogP contribution in [0.3, 0.4) is 0 Å². The molecule has 0 fully saturated rings. The third kappa shape index (κ3) is 2.77. The van der Waals surface area contributed by atoms with Crippen molar-refractivity contribution in [3.8, 4) is 11.5 Å². The Hall–Kier alpha value is -2.02. The number of benzene rings is 1. The maximum absolute atomic E-state index is 12.2. The number of carbonyl (C=O) groups excluding carboxylic acids is 1. The van der Waals surface area contributed by atoms with E-state index < -0.39 is 0 Å². The lowest BCUT2D eigenvalue weighted by Crippen LogP contribution is -2.16. The number of hydrogen-bond acceptors (Lipinski definition) is 4. The van der Waals surface area contributed by atoms with Gasteiger partial charge in [0.05, 0.1) is 24.4 Å². The number of methoxy groups -OCH3 is 2. The van der Waals surface area contributed by atoms with Crippen molar-refractivity contribution in [2.75, 3.05) is 19.5 Å². The van der Waals surface area contributed by atoms with Crippen molar-refractivity contribution in [2.24, 2.45) is 7.05 Å². The van der Waals surface area contributed by atoms with Gasteiger partial charge >= 0.3 is 0 Å². The molecular weight excluding hydrogens is 326 g/mol. The average Bonchev–Trinajstić information content (AvgIpc) is 2.85. The lowest BCUT2D eigenvalue weighted by atomic mass is 10.2. The highest BCUT2D eigenvalue weighted by atomic mass is 79.9. The van der Waals surface area contributed by atoms with Gasteiger partial charge in [-0.15, -0.1) is 0 Å². The summed E-state index contributed by atoms with van der Waals surface area (Å²) >= 11 is 3.37. The molecule has 0 radical (unpaired) electrons. The van der Waals surface area contributed by atoms with Crippen molar-refractivity contribution in [1.29, 1.82) is 0 Å². The van der Waals surface area contributed by atoms with Gasteiger partial charge in [0.15, 0.2) is 0 Å². The molecule has 0 atom stereocenters. The number of hydrogen-bond donors (Lipinski definition) is 1. The van der Waals surface area contributed by atoms with Gasteiger partial charge in [0.1, 0.15) is 17.2 Å². The first-order valence-corrected chi connectivity index (χ1v) is 6.57. The first-order valence-electron chi connectivity index (χ1n) is 5.77. The van der Waals surface area contributed by atoms with Crippen LogP contribution in [-0.2, 0) is 7.05 Å². The van der Waals surface area contributed by atoms with E-state index in [1.54, 1.807) is 38.6 Å². The highest BCUT2D eigenvalue weighted by Crippen LogP contribution is 2.36. The standard InChI is InChI=1S/C13H14BrN3O3/c1-17-10(4-5-15-17)13(18)16-9-6-8(14)11(19-2)7-12(9)20-3/h4-7H,1-3H3,(H,16,18). The van der Waals surface area contributed by atoms with Crippen molar-refractivity contribution < 1.29 is 14.3 Å². The molecule has 1 aromatic carbocycles. The molecule has 2 aromatic rings. The minimum Gasteiger partial charge on any atom is -0.495 e. The molecule has 1 N–H and O–H groups in total. The van der Waals surface area contributed by atoms with E-state index in [4.69, 9.17) is 9.47 Å². The van der Waals surface area contributed by atoms with Crippen molar-refractivity contribution in [2.45, 2.75) is 0 Å². The van der Waals surface area contributed by atoms with Gasteiger partial charge in [-0.1, -0.05) is 0 Å². The Labute approximate surface area is 124 Å². The Bertz CT molecular complexity index is 640. The second-order valence-electron chi connectivity index (χ2n) is 3.98. The van der Waals surface area contributed by atoms with Crippen LogP contribution in [0.5, 0.6) is 11.5 Å². The Kier molecular flexibility index (Phi) is 4.29. The van der Waals surface area contributed by atoms with Gasteiger partial charge in [-0.2, -0.15) is 5.10 Å². The van der Waals surface area contributed by atoms with Crippen LogP contribution in [0.15, 0.2) is 28.9 Å². The fraction of sp³-hybridized carbons (Fsp3) is 0.231. The Morgan fingerprint density at radius 2 is 2.00 bits per heavy atom. The Morgan fingerprint density at radius 3 is 2.55 bits per heavy atom. The molecule has 0 aliphatic heterocycles. The fourth-order valence-electron chi connectivity index (χ4n) is 1.74. The van der Waals surface area contributed by atoms with Crippen molar-refractivity contribution in [3.63, 3.8) is 0 Å². The zero-order valence-corrected chi connectivity index (χ0v) is 12.9. The minimum absolute atomic E-state index is 0.264. The van der Waals surface area contributed by atoms with Crippen molar-refractivity contribution >= 4 is 27.5 Å². The van der Waals surface area contributed by atoms with E-state index >= 15 is 0 Å². The second-order valence-corrected chi connectivity index (χ2v) is 4.84. The van der Waals surface area contributed by atoms with Crippen LogP contribution in [-0.4, -0.2) is 29.9 Å². The summed E-state index contributed by atoms with van der Waals surface area (Å²) in [5, 5.41) is 6.75. The first kappa shape index (κ1) is 14.4. The number of aryl methyl sites for hydroxylation is 1. The molecule has 0 spiro atoms. The van der Waals surface area contributed by atoms with Gasteiger partial charge in [-0.3, -0.25) is 9.48 Å². The van der Waals surface area contributed by atoms with Crippen LogP contribution in [0, 0.1) is 0 Å². The van der Waals surface area contributed by atoms with Crippen LogP contribution in [0.25, 0.3) is 0 Å². The van der Waals surface area contributed by atoms with Gasteiger partial charge in [-0.05, 0) is 28.1 Å². The monoisotopic (exact) mass is 339 g/mol. The molecule has 0 aliphatic rings. The smallest absolute Gasteiger partial charge is 0.274 e. The summed E-state index contributed by atoms with van der Waals surface area (Å²) in [6.45, 7) is 0. The number of rotatable bonds is 4. The van der Waals surface area contributed by atoms with Crippen LogP contribution in [0.2, 0.25) is 0 Å². The predicted molar refractivity (Wildman–Crippen MR) is 78.4 cm³/mol. The van der Waals surface area contributed by atoms with Crippen LogP contribution < -0.4 is 14.8 Å². The molecular formula is C13H14BrN3O3. The molecule has 1 aromatic heterocycles. The number of carbonyl (C=O) groups is 1. The van der Waals surface area contributed by atoms with Crippen molar-refractivity contribution in [3.05, 3.63) is 34.6 Å². The quantitative estimate of drug-likeness (QED) is 0.929. The van der Waals surface area contributed by atoms with E-state index in [1.165, 1.54) is 11.8 Å². The topological polar surface area (TPSA) is 65.4 Å². The molecule has 1 heterocycles. The van der Waals surface area contributed by atoms with E-state index in [-0.39, 0.29) is 5.91 Å². The van der Waals surface area contributed by atoms with Crippen LogP contribution in [0.1, 0.15) is 10.5 Å². The highest BCUT2D eigenvalue weighted by Gasteiger charge is 2.15. The van der Waals surface area contributed by atoms with Gasteiger partial charge in [0, 0.05) is 19.3 Å². The number of amides is 1. The van der Waals surface area contributed by atoms with E-state index in [0.29, 0.717) is 22.9 Å².